The molecule has 0 fully saturated rings. The Morgan fingerprint density at radius 1 is 0.620 bits per heavy atom. The molecule has 1 N–H and O–H groups in total. The van der Waals surface area contributed by atoms with Crippen LogP contribution in [0, 0.1) is 0 Å². The van der Waals surface area contributed by atoms with E-state index in [-0.39, 0.29) is 11.5 Å². The normalized spacial score (nSPS) is 19.1. The minimum atomic E-state index is -0.450. The minimum Gasteiger partial charge on any atom is -0.506 e. The molecule has 0 aromatic heterocycles. The van der Waals surface area contributed by atoms with Crippen LogP contribution >= 0.6 is 0 Å². The number of carbonyl (C=O) groups is 1. The number of aliphatic hydroxyl groups excluding tert-OH is 1. The van der Waals surface area contributed by atoms with Crippen LogP contribution in [0.1, 0.15) is 38.8 Å². The quantitative estimate of drug-likeness (QED) is 0.153. The third-order valence-corrected chi connectivity index (χ3v) is 10.9. The molecule has 2 heterocycles. The molecule has 0 radical (unpaired) electrons. The van der Waals surface area contributed by atoms with Crippen LogP contribution < -0.4 is 9.48 Å². The number of carbonyl (C=O) groups excluding carboxylic acids is 1. The topological polar surface area (TPSA) is 43.6 Å². The van der Waals surface area contributed by atoms with Gasteiger partial charge in [-0.1, -0.05) is 105 Å². The molecule has 4 heteroatoms. The van der Waals surface area contributed by atoms with E-state index < -0.39 is 10.8 Å². The average molecular weight is 650 g/mol. The van der Waals surface area contributed by atoms with Crippen molar-refractivity contribution in [2.75, 3.05) is 4.90 Å². The smallest absolute Gasteiger partial charge is 0.216 e. The Bertz CT molecular complexity index is 2550. The molecule has 4 nitrogen and oxygen atoms in total. The summed E-state index contributed by atoms with van der Waals surface area (Å²) < 4.78 is 2.24. The molecule has 50 heavy (non-hydrogen) atoms. The molecule has 0 spiro atoms. The molecule has 0 unspecified atom stereocenters. The highest BCUT2D eigenvalue weighted by atomic mass is 16.3. The molecule has 0 saturated carbocycles. The highest BCUT2D eigenvalue weighted by Crippen LogP contribution is 2.54. The SMILES string of the molecule is CC1(C)C(/C=C2/C(=O)C(/C=C3/N(c4ccccc4)c4ccc5ccccc5c4C3(C)C)=C2O)=[N+](c2ccccc2)c2ccc3ccccc3c21. The van der Waals surface area contributed by atoms with E-state index in [0.717, 1.165) is 34.2 Å². The van der Waals surface area contributed by atoms with Crippen LogP contribution in [0.25, 0.3) is 21.5 Å². The lowest BCUT2D eigenvalue weighted by Gasteiger charge is -2.29. The molecule has 6 aromatic carbocycles. The Balaban J connectivity index is 1.22. The number of para-hydroxylation sites is 2. The summed E-state index contributed by atoms with van der Waals surface area (Å²) in [6, 6.07) is 46.1. The summed E-state index contributed by atoms with van der Waals surface area (Å²) in [6.07, 6.45) is 3.83. The van der Waals surface area contributed by atoms with Crippen LogP contribution in [0.3, 0.4) is 0 Å². The number of rotatable bonds is 4. The lowest BCUT2D eigenvalue weighted by atomic mass is 9.76. The Morgan fingerprint density at radius 2 is 1.20 bits per heavy atom. The van der Waals surface area contributed by atoms with Crippen LogP contribution in [-0.4, -0.2) is 16.6 Å². The van der Waals surface area contributed by atoms with Gasteiger partial charge < -0.3 is 10.0 Å². The molecule has 0 atom stereocenters. The molecule has 9 rings (SSSR count). The van der Waals surface area contributed by atoms with Gasteiger partial charge in [0.2, 0.25) is 17.2 Å². The summed E-state index contributed by atoms with van der Waals surface area (Å²) in [5, 5.41) is 16.5. The maximum absolute atomic E-state index is 14.2. The number of benzene rings is 6. The number of Topliss-reactive ketones (excluding diaryl/α,β-unsaturated/α-hetero) is 1. The van der Waals surface area contributed by atoms with Gasteiger partial charge in [0.15, 0.2) is 5.71 Å². The molecule has 0 saturated heterocycles. The zero-order valence-corrected chi connectivity index (χ0v) is 28.6. The van der Waals surface area contributed by atoms with Gasteiger partial charge in [0.05, 0.1) is 22.2 Å². The summed E-state index contributed by atoms with van der Waals surface area (Å²) in [5.74, 6) is -0.124. The van der Waals surface area contributed by atoms with Crippen molar-refractivity contribution in [3.8, 4) is 0 Å². The zero-order valence-electron chi connectivity index (χ0n) is 28.6. The van der Waals surface area contributed by atoms with Crippen LogP contribution in [0.5, 0.6) is 0 Å². The fourth-order valence-corrected chi connectivity index (χ4v) is 8.47. The molecule has 242 valence electrons. The first-order valence-electron chi connectivity index (χ1n) is 17.2. The highest BCUT2D eigenvalue weighted by molar-refractivity contribution is 6.26. The van der Waals surface area contributed by atoms with E-state index in [1.165, 1.54) is 32.7 Å². The van der Waals surface area contributed by atoms with Crippen molar-refractivity contribution < 1.29 is 9.90 Å². The first-order chi connectivity index (χ1) is 24.2. The van der Waals surface area contributed by atoms with E-state index in [4.69, 9.17) is 0 Å². The van der Waals surface area contributed by atoms with Gasteiger partial charge in [0, 0.05) is 46.6 Å². The van der Waals surface area contributed by atoms with Gasteiger partial charge in [0.25, 0.3) is 0 Å². The Hall–Kier alpha value is -6.00. The number of ketones is 1. The van der Waals surface area contributed by atoms with Crippen LogP contribution in [-0.2, 0) is 15.6 Å². The van der Waals surface area contributed by atoms with Crippen molar-refractivity contribution in [3.63, 3.8) is 0 Å². The molecule has 6 aromatic rings. The first-order valence-corrected chi connectivity index (χ1v) is 17.2. The van der Waals surface area contributed by atoms with Gasteiger partial charge in [-0.3, -0.25) is 4.79 Å². The van der Waals surface area contributed by atoms with Crippen LogP contribution in [0.15, 0.2) is 168 Å². The number of allylic oxidation sites excluding steroid dienone is 5. The van der Waals surface area contributed by atoms with Gasteiger partial charge in [-0.15, -0.1) is 0 Å². The lowest BCUT2D eigenvalue weighted by molar-refractivity contribution is -0.113. The summed E-state index contributed by atoms with van der Waals surface area (Å²) >= 11 is 0. The number of anilines is 2. The zero-order chi connectivity index (χ0) is 34.4. The standard InChI is InChI=1S/C46H36N2O2/c1-45(2)39(47(31-17-7-5-8-18-31)37-25-23-29-15-11-13-21-33(29)41(37)45)27-35-43(49)36(44(35)50)28-40-46(3,4)42-34-22-14-12-16-30(34)24-26-38(42)48(40)32-19-9-6-10-20-32/h5-28H,1-4H3/p+1. The van der Waals surface area contributed by atoms with Gasteiger partial charge >= 0.3 is 0 Å². The van der Waals surface area contributed by atoms with E-state index in [9.17, 15) is 9.90 Å². The summed E-state index contributed by atoms with van der Waals surface area (Å²) in [7, 11) is 0. The number of hydrogen-bond acceptors (Lipinski definition) is 3. The lowest BCUT2D eigenvalue weighted by Crippen LogP contribution is -2.31. The summed E-state index contributed by atoms with van der Waals surface area (Å²) in [5.41, 5.74) is 8.27. The Morgan fingerprint density at radius 3 is 1.86 bits per heavy atom. The molecular weight excluding hydrogens is 613 g/mol. The van der Waals surface area contributed by atoms with E-state index >= 15 is 0 Å². The predicted molar refractivity (Wildman–Crippen MR) is 206 cm³/mol. The molecule has 0 amide bonds. The second kappa shape index (κ2) is 10.8. The van der Waals surface area contributed by atoms with Crippen LogP contribution in [0.2, 0.25) is 0 Å². The molecular formula is C46H37N2O2+. The second-order valence-corrected chi connectivity index (χ2v) is 14.5. The Labute approximate surface area is 292 Å². The first kappa shape index (κ1) is 30.1. The van der Waals surface area contributed by atoms with E-state index in [2.05, 4.69) is 134 Å². The molecule has 1 aliphatic carbocycles. The highest BCUT2D eigenvalue weighted by Gasteiger charge is 2.49. The summed E-state index contributed by atoms with van der Waals surface area (Å²) in [4.78, 5) is 16.5. The maximum atomic E-state index is 14.2. The summed E-state index contributed by atoms with van der Waals surface area (Å²) in [6.45, 7) is 8.84. The van der Waals surface area contributed by atoms with Crippen molar-refractivity contribution in [1.29, 1.82) is 0 Å². The van der Waals surface area contributed by atoms with E-state index in [1.807, 2.05) is 48.6 Å². The number of hydrogen-bond donors (Lipinski definition) is 1. The van der Waals surface area contributed by atoms with Gasteiger partial charge in [-0.2, -0.15) is 4.58 Å². The number of nitrogens with zero attached hydrogens (tertiary/aromatic N) is 2. The molecule has 0 bridgehead atoms. The van der Waals surface area contributed by atoms with Crippen LogP contribution in [0.4, 0.5) is 22.7 Å². The van der Waals surface area contributed by atoms with Crippen molar-refractivity contribution >= 4 is 55.8 Å². The third-order valence-electron chi connectivity index (χ3n) is 10.9. The van der Waals surface area contributed by atoms with E-state index in [0.29, 0.717) is 11.1 Å². The molecule has 2 aliphatic heterocycles. The van der Waals surface area contributed by atoms with Crippen molar-refractivity contribution in [2.24, 2.45) is 0 Å². The fraction of sp³-hybridized carbons (Fsp3) is 0.130. The maximum Gasteiger partial charge on any atom is 0.216 e. The predicted octanol–water partition coefficient (Wildman–Crippen LogP) is 10.9. The van der Waals surface area contributed by atoms with Crippen molar-refractivity contribution in [1.82, 2.24) is 4.58 Å². The van der Waals surface area contributed by atoms with Gasteiger partial charge in [0.1, 0.15) is 5.76 Å². The number of aliphatic hydroxyl groups is 1. The van der Waals surface area contributed by atoms with Crippen molar-refractivity contribution in [2.45, 2.75) is 38.5 Å². The number of fused-ring (bicyclic) bond motifs is 6. The van der Waals surface area contributed by atoms with Crippen molar-refractivity contribution in [3.05, 3.63) is 179 Å². The largest absolute Gasteiger partial charge is 0.506 e. The minimum absolute atomic E-state index is 0.0317. The monoisotopic (exact) mass is 649 g/mol. The second-order valence-electron chi connectivity index (χ2n) is 14.5. The Kier molecular flexibility index (Phi) is 6.47. The molecule has 3 aliphatic rings. The van der Waals surface area contributed by atoms with E-state index in [1.54, 1.807) is 0 Å². The van der Waals surface area contributed by atoms with Gasteiger partial charge in [-0.25, -0.2) is 0 Å². The van der Waals surface area contributed by atoms with Gasteiger partial charge in [-0.05, 0) is 71.3 Å². The average Bonchev–Trinajstić information content (AvgIpc) is 3.52. The fourth-order valence-electron chi connectivity index (χ4n) is 8.47. The third kappa shape index (κ3) is 4.18.